The van der Waals surface area contributed by atoms with Crippen molar-refractivity contribution in [2.45, 2.75) is 32.7 Å². The maximum atomic E-state index is 11.8. The van der Waals surface area contributed by atoms with Crippen LogP contribution in [0.2, 0.25) is 0 Å². The fraction of sp³-hybridized carbons (Fsp3) is 0.588. The zero-order valence-corrected chi connectivity index (χ0v) is 13.7. The van der Waals surface area contributed by atoms with E-state index >= 15 is 0 Å². The Morgan fingerprint density at radius 1 is 1.29 bits per heavy atom. The second-order valence-electron chi connectivity index (χ2n) is 5.76. The molecule has 0 aliphatic carbocycles. The van der Waals surface area contributed by atoms with Crippen molar-refractivity contribution in [2.24, 2.45) is 0 Å². The van der Waals surface area contributed by atoms with Gasteiger partial charge < -0.3 is 10.1 Å². The molecule has 0 saturated carbocycles. The van der Waals surface area contributed by atoms with Crippen molar-refractivity contribution in [3.8, 4) is 0 Å². The van der Waals surface area contributed by atoms with E-state index in [1.807, 2.05) is 11.9 Å². The van der Waals surface area contributed by atoms with Gasteiger partial charge in [-0.3, -0.25) is 9.69 Å². The Hall–Kier alpha value is -1.39. The predicted molar refractivity (Wildman–Crippen MR) is 86.4 cm³/mol. The number of likely N-dealkylation sites (N-methyl/N-ethyl adjacent to an activating group) is 1. The summed E-state index contributed by atoms with van der Waals surface area (Å²) in [6.07, 6.45) is 0.850. The summed E-state index contributed by atoms with van der Waals surface area (Å²) in [7, 11) is 3.63. The van der Waals surface area contributed by atoms with Crippen molar-refractivity contribution in [1.29, 1.82) is 0 Å². The number of hydrogen-bond donors (Lipinski definition) is 1. The third-order valence-corrected chi connectivity index (χ3v) is 3.36. The average Bonchev–Trinajstić information content (AvgIpc) is 2.44. The molecule has 0 aliphatic rings. The second kappa shape index (κ2) is 9.53. The molecule has 0 heterocycles. The largest absolute Gasteiger partial charge is 0.385 e. The molecular weight excluding hydrogens is 264 g/mol. The molecule has 1 aromatic rings. The van der Waals surface area contributed by atoms with E-state index in [9.17, 15) is 4.79 Å². The van der Waals surface area contributed by atoms with Crippen LogP contribution < -0.4 is 5.32 Å². The number of hydrogen-bond acceptors (Lipinski definition) is 3. The zero-order chi connectivity index (χ0) is 15.7. The number of carbonyl (C=O) groups is 1. The van der Waals surface area contributed by atoms with Crippen LogP contribution in [0.4, 0.5) is 0 Å². The molecule has 1 N–H and O–H groups in total. The van der Waals surface area contributed by atoms with Crippen LogP contribution in [-0.2, 0) is 16.1 Å². The van der Waals surface area contributed by atoms with Gasteiger partial charge in [0.25, 0.3) is 0 Å². The number of amides is 1. The standard InChI is InChI=1S/C17H28N2O2/c1-14(2)16-8-6-15(7-9-16)12-19(3)13-17(20)18-10-5-11-21-4/h6-9,14H,5,10-13H2,1-4H3,(H,18,20). The molecule has 4 heteroatoms. The molecule has 1 amide bonds. The van der Waals surface area contributed by atoms with Crippen LogP contribution >= 0.6 is 0 Å². The highest BCUT2D eigenvalue weighted by Gasteiger charge is 2.07. The summed E-state index contributed by atoms with van der Waals surface area (Å²) in [5.41, 5.74) is 2.58. The molecule has 0 unspecified atom stereocenters. The maximum Gasteiger partial charge on any atom is 0.234 e. The first-order valence-corrected chi connectivity index (χ1v) is 7.56. The third-order valence-electron chi connectivity index (χ3n) is 3.36. The Bertz CT molecular complexity index is 415. The number of nitrogens with zero attached hydrogens (tertiary/aromatic N) is 1. The molecule has 0 radical (unpaired) electrons. The lowest BCUT2D eigenvalue weighted by Gasteiger charge is -2.17. The minimum absolute atomic E-state index is 0.0624. The molecule has 1 rings (SSSR count). The first-order chi connectivity index (χ1) is 10.0. The lowest BCUT2D eigenvalue weighted by atomic mass is 10.0. The van der Waals surface area contributed by atoms with Crippen molar-refractivity contribution in [3.05, 3.63) is 35.4 Å². The molecule has 0 saturated heterocycles. The number of carbonyl (C=O) groups excluding carboxylic acids is 1. The van der Waals surface area contributed by atoms with E-state index in [0.717, 1.165) is 13.0 Å². The molecule has 118 valence electrons. The van der Waals surface area contributed by atoms with Gasteiger partial charge in [0.1, 0.15) is 0 Å². The van der Waals surface area contributed by atoms with Gasteiger partial charge in [0.2, 0.25) is 5.91 Å². The topological polar surface area (TPSA) is 41.6 Å². The lowest BCUT2D eigenvalue weighted by Crippen LogP contribution is -2.35. The Kier molecular flexibility index (Phi) is 8.01. The van der Waals surface area contributed by atoms with Crippen LogP contribution in [0.1, 0.15) is 37.3 Å². The van der Waals surface area contributed by atoms with E-state index in [1.54, 1.807) is 7.11 Å². The Morgan fingerprint density at radius 2 is 1.95 bits per heavy atom. The van der Waals surface area contributed by atoms with Crippen LogP contribution in [0.25, 0.3) is 0 Å². The average molecular weight is 292 g/mol. The Morgan fingerprint density at radius 3 is 2.52 bits per heavy atom. The van der Waals surface area contributed by atoms with Gasteiger partial charge in [0.05, 0.1) is 6.54 Å². The summed E-state index contributed by atoms with van der Waals surface area (Å²) >= 11 is 0. The molecule has 0 atom stereocenters. The Balaban J connectivity index is 2.32. The van der Waals surface area contributed by atoms with Gasteiger partial charge in [-0.05, 0) is 30.5 Å². The SMILES string of the molecule is COCCCNC(=O)CN(C)Cc1ccc(C(C)C)cc1. The van der Waals surface area contributed by atoms with E-state index in [2.05, 4.69) is 43.4 Å². The van der Waals surface area contributed by atoms with Gasteiger partial charge in [-0.2, -0.15) is 0 Å². The fourth-order valence-electron chi connectivity index (χ4n) is 2.12. The minimum Gasteiger partial charge on any atom is -0.385 e. The van der Waals surface area contributed by atoms with Crippen molar-refractivity contribution in [3.63, 3.8) is 0 Å². The Labute approximate surface area is 128 Å². The van der Waals surface area contributed by atoms with Gasteiger partial charge >= 0.3 is 0 Å². The van der Waals surface area contributed by atoms with Crippen molar-refractivity contribution in [2.75, 3.05) is 33.9 Å². The van der Waals surface area contributed by atoms with Crippen molar-refractivity contribution < 1.29 is 9.53 Å². The van der Waals surface area contributed by atoms with Crippen molar-refractivity contribution in [1.82, 2.24) is 10.2 Å². The second-order valence-corrected chi connectivity index (χ2v) is 5.76. The number of methoxy groups -OCH3 is 1. The summed E-state index contributed by atoms with van der Waals surface area (Å²) in [5.74, 6) is 0.613. The van der Waals surface area contributed by atoms with Gasteiger partial charge in [0.15, 0.2) is 0 Å². The van der Waals surface area contributed by atoms with E-state index < -0.39 is 0 Å². The first kappa shape index (κ1) is 17.7. The first-order valence-electron chi connectivity index (χ1n) is 7.56. The van der Waals surface area contributed by atoms with Crippen LogP contribution in [-0.4, -0.2) is 44.7 Å². The number of nitrogens with one attached hydrogen (secondary N) is 1. The van der Waals surface area contributed by atoms with E-state index in [-0.39, 0.29) is 5.91 Å². The normalized spacial score (nSPS) is 11.1. The third kappa shape index (κ3) is 7.25. The molecule has 0 aliphatic heterocycles. The summed E-state index contributed by atoms with van der Waals surface area (Å²) in [6, 6.07) is 8.61. The van der Waals surface area contributed by atoms with E-state index in [0.29, 0.717) is 25.6 Å². The number of benzene rings is 1. The highest BCUT2D eigenvalue weighted by Crippen LogP contribution is 2.15. The molecular formula is C17H28N2O2. The zero-order valence-electron chi connectivity index (χ0n) is 13.7. The molecule has 0 spiro atoms. The molecule has 21 heavy (non-hydrogen) atoms. The molecule has 0 fully saturated rings. The summed E-state index contributed by atoms with van der Waals surface area (Å²) in [6.45, 7) is 6.93. The molecule has 0 aromatic heterocycles. The quantitative estimate of drug-likeness (QED) is 0.711. The highest BCUT2D eigenvalue weighted by atomic mass is 16.5. The fourth-order valence-corrected chi connectivity index (χ4v) is 2.12. The molecule has 0 bridgehead atoms. The van der Waals surface area contributed by atoms with E-state index in [1.165, 1.54) is 11.1 Å². The summed E-state index contributed by atoms with van der Waals surface area (Å²) < 4.78 is 4.95. The van der Waals surface area contributed by atoms with Gasteiger partial charge in [-0.25, -0.2) is 0 Å². The summed E-state index contributed by atoms with van der Waals surface area (Å²) in [4.78, 5) is 13.8. The van der Waals surface area contributed by atoms with Crippen molar-refractivity contribution >= 4 is 5.91 Å². The van der Waals surface area contributed by atoms with Crippen LogP contribution in [0.15, 0.2) is 24.3 Å². The van der Waals surface area contributed by atoms with E-state index in [4.69, 9.17) is 4.74 Å². The molecule has 1 aromatic carbocycles. The van der Waals surface area contributed by atoms with Crippen LogP contribution in [0, 0.1) is 0 Å². The maximum absolute atomic E-state index is 11.8. The molecule has 4 nitrogen and oxygen atoms in total. The smallest absolute Gasteiger partial charge is 0.234 e. The van der Waals surface area contributed by atoms with Gasteiger partial charge in [-0.15, -0.1) is 0 Å². The van der Waals surface area contributed by atoms with Crippen LogP contribution in [0.3, 0.4) is 0 Å². The van der Waals surface area contributed by atoms with Gasteiger partial charge in [0, 0.05) is 26.8 Å². The lowest BCUT2D eigenvalue weighted by molar-refractivity contribution is -0.122. The number of rotatable bonds is 9. The van der Waals surface area contributed by atoms with Gasteiger partial charge in [-0.1, -0.05) is 38.1 Å². The van der Waals surface area contributed by atoms with Crippen LogP contribution in [0.5, 0.6) is 0 Å². The monoisotopic (exact) mass is 292 g/mol. The summed E-state index contributed by atoms with van der Waals surface area (Å²) in [5, 5.41) is 2.90. The predicted octanol–water partition coefficient (Wildman–Crippen LogP) is 2.39. The highest BCUT2D eigenvalue weighted by molar-refractivity contribution is 5.77. The minimum atomic E-state index is 0.0624. The number of ether oxygens (including phenoxy) is 1.